The van der Waals surface area contributed by atoms with Crippen LogP contribution in [0.3, 0.4) is 0 Å². The molecule has 5 nitrogen and oxygen atoms in total. The third kappa shape index (κ3) is 2.34. The second-order valence-corrected chi connectivity index (χ2v) is 4.84. The van der Waals surface area contributed by atoms with Gasteiger partial charge in [0.2, 0.25) is 5.91 Å². The second-order valence-electron chi connectivity index (χ2n) is 4.84. The molecule has 1 aliphatic rings. The van der Waals surface area contributed by atoms with Gasteiger partial charge in [-0.1, -0.05) is 30.3 Å². The van der Waals surface area contributed by atoms with Gasteiger partial charge in [-0.05, 0) is 5.56 Å². The van der Waals surface area contributed by atoms with E-state index in [-0.39, 0.29) is 5.91 Å². The first-order valence-electron chi connectivity index (χ1n) is 6.61. The van der Waals surface area contributed by atoms with Crippen LogP contribution in [0.25, 0.3) is 0 Å². The van der Waals surface area contributed by atoms with Crippen LogP contribution in [0.2, 0.25) is 0 Å². The number of rotatable bonds is 2. The minimum atomic E-state index is 0.0941. The summed E-state index contributed by atoms with van der Waals surface area (Å²) in [4.78, 5) is 24.2. The number of amides is 1. The van der Waals surface area contributed by atoms with E-state index >= 15 is 0 Å². The zero-order valence-electron chi connectivity index (χ0n) is 11.4. The van der Waals surface area contributed by atoms with E-state index in [0.29, 0.717) is 13.0 Å². The number of anilines is 2. The first kappa shape index (κ1) is 12.6. The lowest BCUT2D eigenvalue weighted by Gasteiger charge is -2.23. The summed E-state index contributed by atoms with van der Waals surface area (Å²) in [6.07, 6.45) is 3.71. The molecule has 102 valence electrons. The fourth-order valence-electron chi connectivity index (χ4n) is 2.39. The maximum atomic E-state index is 12.0. The van der Waals surface area contributed by atoms with E-state index in [9.17, 15) is 4.79 Å². The van der Waals surface area contributed by atoms with Crippen LogP contribution in [0.1, 0.15) is 12.0 Å². The molecule has 1 aliphatic heterocycles. The third-order valence-corrected chi connectivity index (χ3v) is 3.52. The Hall–Kier alpha value is -2.43. The molecule has 0 aliphatic carbocycles. The number of hydrogen-bond acceptors (Lipinski definition) is 4. The van der Waals surface area contributed by atoms with Crippen LogP contribution in [0.15, 0.2) is 42.9 Å². The lowest BCUT2D eigenvalue weighted by molar-refractivity contribution is -0.118. The Morgan fingerprint density at radius 3 is 2.85 bits per heavy atom. The molecule has 0 N–H and O–H groups in total. The molecule has 0 atom stereocenters. The van der Waals surface area contributed by atoms with Gasteiger partial charge in [0.1, 0.15) is 12.0 Å². The number of carbonyl (C=O) groups excluding carboxylic acids is 1. The molecule has 1 aromatic carbocycles. The molecule has 0 saturated heterocycles. The zero-order chi connectivity index (χ0) is 13.9. The number of fused-ring (bicyclic) bond motifs is 1. The largest absolute Gasteiger partial charge is 0.350 e. The van der Waals surface area contributed by atoms with Gasteiger partial charge in [0, 0.05) is 26.6 Å². The van der Waals surface area contributed by atoms with Crippen LogP contribution in [0, 0.1) is 0 Å². The van der Waals surface area contributed by atoms with Gasteiger partial charge in [-0.25, -0.2) is 9.97 Å². The summed E-state index contributed by atoms with van der Waals surface area (Å²) >= 11 is 0. The molecule has 0 radical (unpaired) electrons. The summed E-state index contributed by atoms with van der Waals surface area (Å²) in [6, 6.07) is 10.2. The Bertz CT molecular complexity index is 614. The highest BCUT2D eigenvalue weighted by Gasteiger charge is 2.24. The van der Waals surface area contributed by atoms with Crippen molar-refractivity contribution in [3.63, 3.8) is 0 Å². The Morgan fingerprint density at radius 1 is 1.25 bits per heavy atom. The van der Waals surface area contributed by atoms with Crippen LogP contribution < -0.4 is 9.80 Å². The minimum absolute atomic E-state index is 0.0941. The van der Waals surface area contributed by atoms with E-state index in [1.54, 1.807) is 18.1 Å². The smallest absolute Gasteiger partial charge is 0.228 e. The monoisotopic (exact) mass is 268 g/mol. The summed E-state index contributed by atoms with van der Waals surface area (Å²) in [6.45, 7) is 1.41. The van der Waals surface area contributed by atoms with Crippen LogP contribution in [-0.2, 0) is 11.3 Å². The normalized spacial score (nSPS) is 14.9. The van der Waals surface area contributed by atoms with Gasteiger partial charge < -0.3 is 9.80 Å². The molecule has 3 rings (SSSR count). The molecule has 2 heterocycles. The Morgan fingerprint density at radius 2 is 2.05 bits per heavy atom. The van der Waals surface area contributed by atoms with Crippen molar-refractivity contribution < 1.29 is 4.79 Å². The Labute approximate surface area is 117 Å². The van der Waals surface area contributed by atoms with Crippen molar-refractivity contribution in [2.24, 2.45) is 0 Å². The molecule has 0 bridgehead atoms. The fourth-order valence-corrected chi connectivity index (χ4v) is 2.39. The SMILES string of the molecule is CN1C(=O)CCN(Cc2ccccc2)c2ncncc21. The third-order valence-electron chi connectivity index (χ3n) is 3.52. The summed E-state index contributed by atoms with van der Waals surface area (Å²) in [5.41, 5.74) is 1.97. The minimum Gasteiger partial charge on any atom is -0.350 e. The molecule has 0 spiro atoms. The summed E-state index contributed by atoms with van der Waals surface area (Å²) < 4.78 is 0. The molecule has 1 aromatic heterocycles. The predicted molar refractivity (Wildman–Crippen MR) is 77.6 cm³/mol. The van der Waals surface area contributed by atoms with Crippen LogP contribution in [-0.4, -0.2) is 29.5 Å². The van der Waals surface area contributed by atoms with E-state index in [0.717, 1.165) is 18.1 Å². The van der Waals surface area contributed by atoms with Crippen molar-refractivity contribution >= 4 is 17.4 Å². The maximum absolute atomic E-state index is 12.0. The number of nitrogens with zero attached hydrogens (tertiary/aromatic N) is 4. The van der Waals surface area contributed by atoms with E-state index in [1.165, 1.54) is 11.9 Å². The average Bonchev–Trinajstić information content (AvgIpc) is 2.61. The Balaban J connectivity index is 1.95. The lowest BCUT2D eigenvalue weighted by Crippen LogP contribution is -2.26. The number of aromatic nitrogens is 2. The van der Waals surface area contributed by atoms with Crippen molar-refractivity contribution in [1.82, 2.24) is 9.97 Å². The molecular formula is C15H16N4O. The van der Waals surface area contributed by atoms with E-state index in [4.69, 9.17) is 0 Å². The first-order valence-corrected chi connectivity index (χ1v) is 6.61. The van der Waals surface area contributed by atoms with E-state index in [1.807, 2.05) is 18.2 Å². The van der Waals surface area contributed by atoms with E-state index < -0.39 is 0 Å². The highest BCUT2D eigenvalue weighted by molar-refractivity contribution is 5.97. The summed E-state index contributed by atoms with van der Waals surface area (Å²) in [5.74, 6) is 0.911. The average molecular weight is 268 g/mol. The molecule has 0 fully saturated rings. The highest BCUT2D eigenvalue weighted by atomic mass is 16.2. The summed E-state index contributed by atoms with van der Waals surface area (Å²) in [5, 5.41) is 0. The van der Waals surface area contributed by atoms with Gasteiger partial charge in [-0.15, -0.1) is 0 Å². The van der Waals surface area contributed by atoms with Gasteiger partial charge >= 0.3 is 0 Å². The molecule has 0 saturated carbocycles. The van der Waals surface area contributed by atoms with Crippen molar-refractivity contribution in [2.75, 3.05) is 23.4 Å². The fraction of sp³-hybridized carbons (Fsp3) is 0.267. The standard InChI is InChI=1S/C15H16N4O/c1-18-13-9-16-11-17-15(13)19(8-7-14(18)20)10-12-5-3-2-4-6-12/h2-6,9,11H,7-8,10H2,1H3. The van der Waals surface area contributed by atoms with Crippen molar-refractivity contribution in [2.45, 2.75) is 13.0 Å². The van der Waals surface area contributed by atoms with Crippen LogP contribution in [0.4, 0.5) is 11.5 Å². The molecule has 2 aromatic rings. The number of hydrogen-bond donors (Lipinski definition) is 0. The van der Waals surface area contributed by atoms with Gasteiger partial charge in [-0.2, -0.15) is 0 Å². The summed E-state index contributed by atoms with van der Waals surface area (Å²) in [7, 11) is 1.77. The lowest BCUT2D eigenvalue weighted by atomic mass is 10.2. The number of benzene rings is 1. The van der Waals surface area contributed by atoms with Gasteiger partial charge in [-0.3, -0.25) is 4.79 Å². The van der Waals surface area contributed by atoms with Crippen molar-refractivity contribution in [3.8, 4) is 0 Å². The zero-order valence-corrected chi connectivity index (χ0v) is 11.4. The molecule has 5 heteroatoms. The number of carbonyl (C=O) groups is 1. The first-order chi connectivity index (χ1) is 9.75. The maximum Gasteiger partial charge on any atom is 0.228 e. The van der Waals surface area contributed by atoms with E-state index in [2.05, 4.69) is 27.0 Å². The highest BCUT2D eigenvalue weighted by Crippen LogP contribution is 2.29. The predicted octanol–water partition coefficient (Wildman–Crippen LogP) is 1.85. The molecule has 1 amide bonds. The Kier molecular flexibility index (Phi) is 3.33. The van der Waals surface area contributed by atoms with Crippen LogP contribution in [0.5, 0.6) is 0 Å². The molecular weight excluding hydrogens is 252 g/mol. The van der Waals surface area contributed by atoms with Gasteiger partial charge in [0.05, 0.1) is 6.20 Å². The van der Waals surface area contributed by atoms with Crippen LogP contribution >= 0.6 is 0 Å². The van der Waals surface area contributed by atoms with Crippen molar-refractivity contribution in [3.05, 3.63) is 48.4 Å². The molecule has 20 heavy (non-hydrogen) atoms. The van der Waals surface area contributed by atoms with Gasteiger partial charge in [0.15, 0.2) is 5.82 Å². The topological polar surface area (TPSA) is 49.3 Å². The van der Waals surface area contributed by atoms with Gasteiger partial charge in [0.25, 0.3) is 0 Å². The quantitative estimate of drug-likeness (QED) is 0.834. The van der Waals surface area contributed by atoms with Crippen molar-refractivity contribution in [1.29, 1.82) is 0 Å². The molecule has 0 unspecified atom stereocenters. The second kappa shape index (κ2) is 5.28.